The number of rotatable bonds is 5. The molecule has 0 aliphatic rings. The van der Waals surface area contributed by atoms with Crippen molar-refractivity contribution in [2.24, 2.45) is 0 Å². The summed E-state index contributed by atoms with van der Waals surface area (Å²) in [5.41, 5.74) is 2.86. The fraction of sp³-hybridized carbons (Fsp3) is 0.100. The van der Waals surface area contributed by atoms with Crippen LogP contribution in [0.15, 0.2) is 64.8 Å². The Morgan fingerprint density at radius 2 is 1.92 bits per heavy atom. The molecular weight excluding hydrogens is 366 g/mol. The van der Waals surface area contributed by atoms with Crippen LogP contribution in [-0.4, -0.2) is 9.97 Å². The summed E-state index contributed by atoms with van der Waals surface area (Å²) >= 11 is 7.55. The molecule has 130 valence electrons. The second-order valence-corrected chi connectivity index (χ2v) is 7.24. The Bertz CT molecular complexity index is 1100. The minimum Gasteiger partial charge on any atom is -0.309 e. The van der Waals surface area contributed by atoms with Crippen LogP contribution >= 0.6 is 22.9 Å². The van der Waals surface area contributed by atoms with E-state index in [1.807, 2.05) is 47.8 Å². The molecule has 0 saturated carbocycles. The predicted octanol–water partition coefficient (Wildman–Crippen LogP) is 4.59. The number of aromatic amines is 1. The van der Waals surface area contributed by atoms with Crippen LogP contribution in [0.3, 0.4) is 0 Å². The largest absolute Gasteiger partial charge is 0.309 e. The fourth-order valence-electron chi connectivity index (χ4n) is 2.87. The van der Waals surface area contributed by atoms with Crippen LogP contribution < -0.4 is 10.9 Å². The van der Waals surface area contributed by atoms with Crippen molar-refractivity contribution < 1.29 is 0 Å². The quantitative estimate of drug-likeness (QED) is 0.531. The molecule has 0 fully saturated rings. The molecule has 0 saturated heterocycles. The standard InChI is InChI=1S/C20H16ClN3OS/c21-15-8-4-7-14(9-15)16-12-26-20-18(16)19(25)23-17(24-20)11-22-10-13-5-2-1-3-6-13/h1-9,12,22H,10-11H2,(H,23,24,25). The maximum atomic E-state index is 12.6. The minimum absolute atomic E-state index is 0.122. The molecule has 0 atom stereocenters. The summed E-state index contributed by atoms with van der Waals surface area (Å²) in [4.78, 5) is 20.9. The average molecular weight is 382 g/mol. The molecule has 2 aromatic carbocycles. The van der Waals surface area contributed by atoms with Crippen LogP contribution in [0.4, 0.5) is 0 Å². The van der Waals surface area contributed by atoms with Gasteiger partial charge in [-0.15, -0.1) is 11.3 Å². The van der Waals surface area contributed by atoms with E-state index >= 15 is 0 Å². The molecule has 2 aromatic heterocycles. The molecule has 4 nitrogen and oxygen atoms in total. The lowest BCUT2D eigenvalue weighted by molar-refractivity contribution is 0.663. The number of thiophene rings is 1. The summed E-state index contributed by atoms with van der Waals surface area (Å²) < 4.78 is 0. The molecule has 6 heteroatoms. The highest BCUT2D eigenvalue weighted by molar-refractivity contribution is 7.17. The van der Waals surface area contributed by atoms with E-state index in [4.69, 9.17) is 11.6 Å². The summed E-state index contributed by atoms with van der Waals surface area (Å²) in [6.07, 6.45) is 0. The summed E-state index contributed by atoms with van der Waals surface area (Å²) in [5, 5.41) is 6.53. The topological polar surface area (TPSA) is 57.8 Å². The van der Waals surface area contributed by atoms with Crippen LogP contribution in [0.5, 0.6) is 0 Å². The van der Waals surface area contributed by atoms with Crippen LogP contribution in [0.2, 0.25) is 5.02 Å². The van der Waals surface area contributed by atoms with Gasteiger partial charge in [-0.25, -0.2) is 4.98 Å². The number of nitrogens with zero attached hydrogens (tertiary/aromatic N) is 1. The van der Waals surface area contributed by atoms with Gasteiger partial charge in [-0.1, -0.05) is 54.1 Å². The van der Waals surface area contributed by atoms with Gasteiger partial charge in [0.25, 0.3) is 5.56 Å². The Hall–Kier alpha value is -2.47. The highest BCUT2D eigenvalue weighted by Gasteiger charge is 2.13. The third kappa shape index (κ3) is 3.55. The first-order valence-corrected chi connectivity index (χ1v) is 9.47. The SMILES string of the molecule is O=c1[nH]c(CNCc2ccccc2)nc2scc(-c3cccc(Cl)c3)c12. The third-order valence-electron chi connectivity index (χ3n) is 4.09. The van der Waals surface area contributed by atoms with E-state index in [0.717, 1.165) is 22.5 Å². The van der Waals surface area contributed by atoms with Crippen molar-refractivity contribution in [1.82, 2.24) is 15.3 Å². The molecule has 0 bridgehead atoms. The van der Waals surface area contributed by atoms with E-state index in [-0.39, 0.29) is 5.56 Å². The van der Waals surface area contributed by atoms with E-state index in [0.29, 0.717) is 22.8 Å². The smallest absolute Gasteiger partial charge is 0.260 e. The molecule has 0 unspecified atom stereocenters. The Morgan fingerprint density at radius 1 is 1.08 bits per heavy atom. The highest BCUT2D eigenvalue weighted by Crippen LogP contribution is 2.31. The number of aromatic nitrogens is 2. The molecule has 4 aromatic rings. The highest BCUT2D eigenvalue weighted by atomic mass is 35.5. The number of fused-ring (bicyclic) bond motifs is 1. The maximum Gasteiger partial charge on any atom is 0.260 e. The zero-order valence-corrected chi connectivity index (χ0v) is 15.4. The molecule has 0 radical (unpaired) electrons. The molecule has 2 heterocycles. The van der Waals surface area contributed by atoms with Crippen molar-refractivity contribution in [2.45, 2.75) is 13.1 Å². The number of H-pyrrole nitrogens is 1. The Balaban J connectivity index is 1.59. The zero-order chi connectivity index (χ0) is 17.9. The monoisotopic (exact) mass is 381 g/mol. The van der Waals surface area contributed by atoms with E-state index in [2.05, 4.69) is 27.4 Å². The zero-order valence-electron chi connectivity index (χ0n) is 13.8. The third-order valence-corrected chi connectivity index (χ3v) is 5.20. The van der Waals surface area contributed by atoms with Gasteiger partial charge < -0.3 is 10.3 Å². The van der Waals surface area contributed by atoms with Crippen molar-refractivity contribution >= 4 is 33.2 Å². The summed E-state index contributed by atoms with van der Waals surface area (Å²) in [6, 6.07) is 17.6. The van der Waals surface area contributed by atoms with Crippen molar-refractivity contribution in [2.75, 3.05) is 0 Å². The molecule has 4 rings (SSSR count). The molecule has 0 aliphatic carbocycles. The first-order valence-electron chi connectivity index (χ1n) is 8.22. The lowest BCUT2D eigenvalue weighted by Gasteiger charge is -2.05. The maximum absolute atomic E-state index is 12.6. The van der Waals surface area contributed by atoms with Crippen molar-refractivity contribution in [3.8, 4) is 11.1 Å². The van der Waals surface area contributed by atoms with Gasteiger partial charge in [0.05, 0.1) is 11.9 Å². The lowest BCUT2D eigenvalue weighted by atomic mass is 10.1. The normalized spacial score (nSPS) is 11.1. The van der Waals surface area contributed by atoms with Gasteiger partial charge in [0.1, 0.15) is 10.7 Å². The van der Waals surface area contributed by atoms with Crippen LogP contribution in [0.25, 0.3) is 21.3 Å². The molecule has 26 heavy (non-hydrogen) atoms. The summed E-state index contributed by atoms with van der Waals surface area (Å²) in [7, 11) is 0. The fourth-order valence-corrected chi connectivity index (χ4v) is 4.02. The van der Waals surface area contributed by atoms with Crippen LogP contribution in [0.1, 0.15) is 11.4 Å². The van der Waals surface area contributed by atoms with Crippen molar-refractivity contribution in [3.05, 3.63) is 86.7 Å². The number of nitrogens with one attached hydrogen (secondary N) is 2. The van der Waals surface area contributed by atoms with Crippen molar-refractivity contribution in [3.63, 3.8) is 0 Å². The van der Waals surface area contributed by atoms with Gasteiger partial charge in [0, 0.05) is 22.5 Å². The summed E-state index contributed by atoms with van der Waals surface area (Å²) in [5.74, 6) is 0.637. The van der Waals surface area contributed by atoms with Gasteiger partial charge in [-0.3, -0.25) is 4.79 Å². The molecule has 0 spiro atoms. The van der Waals surface area contributed by atoms with E-state index < -0.39 is 0 Å². The first kappa shape index (κ1) is 17.0. The first-order chi connectivity index (χ1) is 12.7. The second kappa shape index (κ2) is 7.41. The van der Waals surface area contributed by atoms with Gasteiger partial charge in [0.2, 0.25) is 0 Å². The Morgan fingerprint density at radius 3 is 2.73 bits per heavy atom. The van der Waals surface area contributed by atoms with E-state index in [1.54, 1.807) is 0 Å². The van der Waals surface area contributed by atoms with Gasteiger partial charge in [0.15, 0.2) is 0 Å². The second-order valence-electron chi connectivity index (χ2n) is 5.94. The van der Waals surface area contributed by atoms with Gasteiger partial charge in [-0.05, 0) is 23.3 Å². The minimum atomic E-state index is -0.122. The van der Waals surface area contributed by atoms with Crippen molar-refractivity contribution in [1.29, 1.82) is 0 Å². The van der Waals surface area contributed by atoms with Crippen LogP contribution in [0, 0.1) is 0 Å². The predicted molar refractivity (Wildman–Crippen MR) is 108 cm³/mol. The number of hydrogen-bond acceptors (Lipinski definition) is 4. The lowest BCUT2D eigenvalue weighted by Crippen LogP contribution is -2.19. The van der Waals surface area contributed by atoms with Gasteiger partial charge >= 0.3 is 0 Å². The number of benzene rings is 2. The van der Waals surface area contributed by atoms with E-state index in [9.17, 15) is 4.79 Å². The number of hydrogen-bond donors (Lipinski definition) is 2. The Kier molecular flexibility index (Phi) is 4.84. The summed E-state index contributed by atoms with van der Waals surface area (Å²) in [6.45, 7) is 1.23. The van der Waals surface area contributed by atoms with Gasteiger partial charge in [-0.2, -0.15) is 0 Å². The molecule has 2 N–H and O–H groups in total. The van der Waals surface area contributed by atoms with Crippen LogP contribution in [-0.2, 0) is 13.1 Å². The average Bonchev–Trinajstić information content (AvgIpc) is 3.07. The molecule has 0 aliphatic heterocycles. The molecule has 0 amide bonds. The van der Waals surface area contributed by atoms with E-state index in [1.165, 1.54) is 16.9 Å². The number of halogens is 1. The molecular formula is C20H16ClN3OS. The Labute approximate surface area is 159 Å².